The molecule has 0 spiro atoms. The predicted octanol–water partition coefficient (Wildman–Crippen LogP) is 13.3. The molecule has 0 radical (unpaired) electrons. The van der Waals surface area contributed by atoms with Crippen LogP contribution in [-0.2, 0) is 15.6 Å². The Kier molecular flexibility index (Phi) is 12.5. The van der Waals surface area contributed by atoms with Crippen LogP contribution < -0.4 is 5.11 Å². The second kappa shape index (κ2) is 17.0. The first kappa shape index (κ1) is 38.1. The highest BCUT2D eigenvalue weighted by Gasteiger charge is 2.44. The summed E-state index contributed by atoms with van der Waals surface area (Å²) in [6.07, 6.45) is 20.7. The molecule has 4 aromatic carbocycles. The van der Waals surface area contributed by atoms with E-state index in [0.29, 0.717) is 6.42 Å². The van der Waals surface area contributed by atoms with Crippen LogP contribution in [0.4, 0.5) is 0 Å². The Morgan fingerprint density at radius 1 is 0.462 bits per heavy atom. The number of aryl methyl sites for hydroxylation is 2. The van der Waals surface area contributed by atoms with E-state index in [4.69, 9.17) is 0 Å². The fourth-order valence-electron chi connectivity index (χ4n) is 10.1. The summed E-state index contributed by atoms with van der Waals surface area (Å²) in [7, 11) is 0. The van der Waals surface area contributed by atoms with E-state index in [0.717, 1.165) is 12.8 Å². The van der Waals surface area contributed by atoms with Crippen LogP contribution in [0.5, 0.6) is 0 Å². The molecule has 4 aromatic rings. The number of carbonyl (C=O) groups excluding carboxylic acids is 1. The Morgan fingerprint density at radius 2 is 0.846 bits per heavy atom. The molecule has 0 bridgehead atoms. The lowest BCUT2D eigenvalue weighted by atomic mass is 9.69. The molecule has 52 heavy (non-hydrogen) atoms. The third kappa shape index (κ3) is 7.55. The molecule has 0 aromatic heterocycles. The number of benzene rings is 4. The Morgan fingerprint density at radius 3 is 1.27 bits per heavy atom. The molecule has 0 heterocycles. The van der Waals surface area contributed by atoms with Crippen LogP contribution in [0.3, 0.4) is 0 Å². The lowest BCUT2D eigenvalue weighted by Crippen LogP contribution is -2.30. The Bertz CT molecular complexity index is 1830. The standard InChI is InChI=1S/C50H64O2/c1-6-9-11-13-15-17-29-50(30-18-16-14-12-10-7-2)45-33-37(5)20-24-41(45)43-26-22-39(35-47(43)50)38-21-25-42-40-23-19-36(4)32-44(40)49(28-8-3,46(42)34-38)31-27-48(51)52/h19-26,32-35H,6-18,27-31H2,1-5H3,(H,51,52)/p-1. The normalized spacial score (nSPS) is 16.4. The van der Waals surface area contributed by atoms with Crippen LogP contribution in [0, 0.1) is 13.8 Å². The van der Waals surface area contributed by atoms with E-state index in [1.807, 2.05) is 0 Å². The zero-order valence-electron chi connectivity index (χ0n) is 33.0. The van der Waals surface area contributed by atoms with Gasteiger partial charge in [0.1, 0.15) is 0 Å². The summed E-state index contributed by atoms with van der Waals surface area (Å²) in [6, 6.07) is 28.4. The minimum absolute atomic E-state index is 0.0349. The average molecular weight is 696 g/mol. The van der Waals surface area contributed by atoms with Gasteiger partial charge in [-0.05, 0) is 114 Å². The van der Waals surface area contributed by atoms with Crippen LogP contribution >= 0.6 is 0 Å². The van der Waals surface area contributed by atoms with Crippen molar-refractivity contribution in [2.45, 2.75) is 161 Å². The van der Waals surface area contributed by atoms with E-state index in [-0.39, 0.29) is 17.3 Å². The fraction of sp³-hybridized carbons (Fsp3) is 0.500. The van der Waals surface area contributed by atoms with Crippen LogP contribution in [-0.4, -0.2) is 5.97 Å². The molecular formula is C50H63O2-. The molecule has 0 fully saturated rings. The van der Waals surface area contributed by atoms with Gasteiger partial charge in [-0.1, -0.05) is 176 Å². The number of carboxylic acids is 1. The monoisotopic (exact) mass is 695 g/mol. The number of carbonyl (C=O) groups is 1. The second-order valence-electron chi connectivity index (χ2n) is 16.4. The van der Waals surface area contributed by atoms with Gasteiger partial charge in [0, 0.05) is 16.8 Å². The van der Waals surface area contributed by atoms with Crippen molar-refractivity contribution in [2.75, 3.05) is 0 Å². The van der Waals surface area contributed by atoms with Gasteiger partial charge in [-0.2, -0.15) is 0 Å². The van der Waals surface area contributed by atoms with Gasteiger partial charge in [-0.15, -0.1) is 0 Å². The SMILES string of the molecule is CCCCCCCCC1(CCCCCCCC)c2cc(C)ccc2-c2ccc(-c3ccc4c(c3)C(CCC)(CCC(=O)[O-])c3cc(C)ccc3-4)cc21. The minimum Gasteiger partial charge on any atom is -0.550 e. The van der Waals surface area contributed by atoms with Gasteiger partial charge < -0.3 is 9.90 Å². The number of fused-ring (bicyclic) bond motifs is 6. The van der Waals surface area contributed by atoms with Gasteiger partial charge in [0.25, 0.3) is 0 Å². The summed E-state index contributed by atoms with van der Waals surface area (Å²) in [6.45, 7) is 11.3. The molecule has 2 aliphatic rings. The first-order valence-corrected chi connectivity index (χ1v) is 21.0. The molecule has 0 saturated carbocycles. The van der Waals surface area contributed by atoms with E-state index in [1.165, 1.54) is 151 Å². The third-order valence-electron chi connectivity index (χ3n) is 12.7. The summed E-state index contributed by atoms with van der Waals surface area (Å²) >= 11 is 0. The van der Waals surface area contributed by atoms with E-state index in [1.54, 1.807) is 5.56 Å². The highest BCUT2D eigenvalue weighted by Crippen LogP contribution is 2.57. The maximum absolute atomic E-state index is 11.9. The minimum atomic E-state index is -0.963. The van der Waals surface area contributed by atoms with E-state index >= 15 is 0 Å². The van der Waals surface area contributed by atoms with Gasteiger partial charge in [0.2, 0.25) is 0 Å². The smallest absolute Gasteiger partial charge is 0.0414 e. The zero-order chi connectivity index (χ0) is 36.7. The van der Waals surface area contributed by atoms with Crippen molar-refractivity contribution >= 4 is 5.97 Å². The van der Waals surface area contributed by atoms with Crippen molar-refractivity contribution in [3.05, 3.63) is 106 Å². The number of rotatable bonds is 20. The summed E-state index contributed by atoms with van der Waals surface area (Å²) in [5, 5.41) is 11.9. The Hall–Kier alpha value is -3.65. The molecule has 0 saturated heterocycles. The number of hydrogen-bond acceptors (Lipinski definition) is 2. The average Bonchev–Trinajstić information content (AvgIpc) is 3.55. The third-order valence-corrected chi connectivity index (χ3v) is 12.7. The van der Waals surface area contributed by atoms with E-state index < -0.39 is 5.97 Å². The van der Waals surface area contributed by atoms with Crippen molar-refractivity contribution in [3.8, 4) is 33.4 Å². The first-order chi connectivity index (χ1) is 25.3. The van der Waals surface area contributed by atoms with Crippen LogP contribution in [0.2, 0.25) is 0 Å². The van der Waals surface area contributed by atoms with Gasteiger partial charge in [-0.3, -0.25) is 0 Å². The Labute approximate surface area is 315 Å². The van der Waals surface area contributed by atoms with Gasteiger partial charge in [0.05, 0.1) is 0 Å². The molecule has 6 rings (SSSR count). The van der Waals surface area contributed by atoms with Crippen LogP contribution in [0.25, 0.3) is 33.4 Å². The van der Waals surface area contributed by atoms with Crippen molar-refractivity contribution < 1.29 is 9.90 Å². The fourth-order valence-corrected chi connectivity index (χ4v) is 10.1. The lowest BCUT2D eigenvalue weighted by Gasteiger charge is -2.34. The molecule has 2 aliphatic carbocycles. The molecule has 0 N–H and O–H groups in total. The molecule has 2 nitrogen and oxygen atoms in total. The summed E-state index contributed by atoms with van der Waals surface area (Å²) < 4.78 is 0. The maximum atomic E-state index is 11.9. The van der Waals surface area contributed by atoms with Crippen LogP contribution in [0.15, 0.2) is 72.8 Å². The largest absolute Gasteiger partial charge is 0.550 e. The van der Waals surface area contributed by atoms with Crippen molar-refractivity contribution in [1.29, 1.82) is 0 Å². The molecule has 1 unspecified atom stereocenters. The van der Waals surface area contributed by atoms with Gasteiger partial charge in [-0.25, -0.2) is 0 Å². The predicted molar refractivity (Wildman–Crippen MR) is 219 cm³/mol. The maximum Gasteiger partial charge on any atom is 0.0414 e. The van der Waals surface area contributed by atoms with Gasteiger partial charge >= 0.3 is 0 Å². The second-order valence-corrected chi connectivity index (χ2v) is 16.4. The summed E-state index contributed by atoms with van der Waals surface area (Å²) in [4.78, 5) is 11.9. The molecule has 1 atom stereocenters. The van der Waals surface area contributed by atoms with Crippen molar-refractivity contribution in [3.63, 3.8) is 0 Å². The first-order valence-electron chi connectivity index (χ1n) is 21.0. The van der Waals surface area contributed by atoms with E-state index in [9.17, 15) is 9.90 Å². The van der Waals surface area contributed by atoms with E-state index in [2.05, 4.69) is 107 Å². The van der Waals surface area contributed by atoms with Crippen molar-refractivity contribution in [1.82, 2.24) is 0 Å². The molecule has 0 aliphatic heterocycles. The number of carboxylic acid groups (broad SMARTS) is 1. The summed E-state index contributed by atoms with van der Waals surface area (Å²) in [5.41, 5.74) is 15.9. The quantitative estimate of drug-likeness (QED) is 0.0864. The molecule has 2 heteroatoms. The van der Waals surface area contributed by atoms with Crippen molar-refractivity contribution in [2.24, 2.45) is 0 Å². The Balaban J connectivity index is 1.43. The summed E-state index contributed by atoms with van der Waals surface area (Å²) in [5.74, 6) is -0.963. The van der Waals surface area contributed by atoms with Gasteiger partial charge in [0.15, 0.2) is 0 Å². The molecule has 276 valence electrons. The highest BCUT2D eigenvalue weighted by molar-refractivity contribution is 5.87. The zero-order valence-corrected chi connectivity index (χ0v) is 33.0. The number of aliphatic carboxylic acids is 1. The lowest BCUT2D eigenvalue weighted by molar-refractivity contribution is -0.306. The number of unbranched alkanes of at least 4 members (excludes halogenated alkanes) is 10. The number of hydrogen-bond donors (Lipinski definition) is 0. The highest BCUT2D eigenvalue weighted by atomic mass is 16.4. The molecule has 0 amide bonds. The molecular weight excluding hydrogens is 633 g/mol. The van der Waals surface area contributed by atoms with Crippen LogP contribution in [0.1, 0.15) is 170 Å². The topological polar surface area (TPSA) is 40.1 Å².